The Kier molecular flexibility index (Phi) is 4.75. The van der Waals surface area contributed by atoms with Gasteiger partial charge in [0.2, 0.25) is 5.91 Å². The molecule has 0 aliphatic carbocycles. The fourth-order valence-electron chi connectivity index (χ4n) is 2.45. The molecule has 0 spiro atoms. The first kappa shape index (κ1) is 13.1. The van der Waals surface area contributed by atoms with Crippen molar-refractivity contribution in [2.24, 2.45) is 5.92 Å². The van der Waals surface area contributed by atoms with Gasteiger partial charge in [0.25, 0.3) is 0 Å². The van der Waals surface area contributed by atoms with Crippen LogP contribution in [-0.4, -0.2) is 47.2 Å². The molecule has 1 aromatic rings. The normalized spacial score (nSPS) is 20.8. The first-order valence-corrected chi connectivity index (χ1v) is 6.78. The number of hydrogen-bond acceptors (Lipinski definition) is 3. The average Bonchev–Trinajstić information content (AvgIpc) is 2.92. The zero-order valence-electron chi connectivity index (χ0n) is 11.0. The molecule has 0 aromatic carbocycles. The van der Waals surface area contributed by atoms with E-state index in [1.807, 2.05) is 6.07 Å². The molecule has 0 bridgehead atoms. The van der Waals surface area contributed by atoms with Crippen molar-refractivity contribution in [3.05, 3.63) is 18.0 Å². The van der Waals surface area contributed by atoms with E-state index in [0.717, 1.165) is 44.6 Å². The number of rotatable bonds is 5. The van der Waals surface area contributed by atoms with Gasteiger partial charge in [0.05, 0.1) is 5.92 Å². The van der Waals surface area contributed by atoms with Gasteiger partial charge in [-0.05, 0) is 32.0 Å². The summed E-state index contributed by atoms with van der Waals surface area (Å²) in [6.07, 6.45) is 4.70. The summed E-state index contributed by atoms with van der Waals surface area (Å²) < 4.78 is 0. The second-order valence-corrected chi connectivity index (χ2v) is 4.86. The predicted octanol–water partition coefficient (Wildman–Crippen LogP) is 0.800. The maximum Gasteiger partial charge on any atom is 0.224 e. The number of hydrogen-bond donors (Lipinski definition) is 2. The number of piperidine rings is 1. The Balaban J connectivity index is 1.70. The number of aromatic nitrogens is 2. The van der Waals surface area contributed by atoms with E-state index in [-0.39, 0.29) is 11.8 Å². The summed E-state index contributed by atoms with van der Waals surface area (Å²) in [6, 6.07) is 1.94. The van der Waals surface area contributed by atoms with Crippen molar-refractivity contribution in [2.45, 2.75) is 26.2 Å². The van der Waals surface area contributed by atoms with Crippen LogP contribution >= 0.6 is 0 Å². The van der Waals surface area contributed by atoms with Gasteiger partial charge in [-0.15, -0.1) is 0 Å². The van der Waals surface area contributed by atoms with Crippen LogP contribution < -0.4 is 5.32 Å². The molecule has 1 aliphatic heterocycles. The molecule has 5 heteroatoms. The van der Waals surface area contributed by atoms with Crippen molar-refractivity contribution in [3.63, 3.8) is 0 Å². The van der Waals surface area contributed by atoms with E-state index in [2.05, 4.69) is 27.3 Å². The zero-order chi connectivity index (χ0) is 12.8. The summed E-state index contributed by atoms with van der Waals surface area (Å²) >= 11 is 0. The highest BCUT2D eigenvalue weighted by molar-refractivity contribution is 5.78. The summed E-state index contributed by atoms with van der Waals surface area (Å²) in [5.74, 6) is 0.369. The molecule has 0 radical (unpaired) electrons. The average molecular weight is 250 g/mol. The third kappa shape index (κ3) is 3.57. The first-order valence-electron chi connectivity index (χ1n) is 6.78. The molecule has 1 saturated heterocycles. The second-order valence-electron chi connectivity index (χ2n) is 4.86. The van der Waals surface area contributed by atoms with Crippen LogP contribution in [0, 0.1) is 5.92 Å². The molecule has 2 N–H and O–H groups in total. The molecule has 0 unspecified atom stereocenters. The third-order valence-electron chi connectivity index (χ3n) is 3.58. The molecule has 0 saturated carbocycles. The van der Waals surface area contributed by atoms with Crippen LogP contribution in [0.2, 0.25) is 0 Å². The Labute approximate surface area is 108 Å². The molecule has 100 valence electrons. The largest absolute Gasteiger partial charge is 0.355 e. The zero-order valence-corrected chi connectivity index (χ0v) is 11.0. The number of amides is 1. The van der Waals surface area contributed by atoms with E-state index >= 15 is 0 Å². The lowest BCUT2D eigenvalue weighted by Crippen LogP contribution is -2.43. The van der Waals surface area contributed by atoms with Crippen molar-refractivity contribution in [3.8, 4) is 0 Å². The number of carbonyl (C=O) groups is 1. The van der Waals surface area contributed by atoms with Gasteiger partial charge in [0.1, 0.15) is 0 Å². The number of aromatic amines is 1. The highest BCUT2D eigenvalue weighted by Gasteiger charge is 2.24. The molecule has 1 aliphatic rings. The number of nitrogens with zero attached hydrogens (tertiary/aromatic N) is 2. The summed E-state index contributed by atoms with van der Waals surface area (Å²) in [7, 11) is 0. The van der Waals surface area contributed by atoms with E-state index in [1.165, 1.54) is 0 Å². The van der Waals surface area contributed by atoms with Crippen LogP contribution in [0.3, 0.4) is 0 Å². The fourth-order valence-corrected chi connectivity index (χ4v) is 2.45. The number of nitrogens with one attached hydrogen (secondary N) is 2. The van der Waals surface area contributed by atoms with Gasteiger partial charge in [0, 0.05) is 31.4 Å². The van der Waals surface area contributed by atoms with Crippen LogP contribution in [0.5, 0.6) is 0 Å². The minimum atomic E-state index is 0.167. The summed E-state index contributed by atoms with van der Waals surface area (Å²) in [4.78, 5) is 14.4. The Hall–Kier alpha value is -1.36. The fraction of sp³-hybridized carbons (Fsp3) is 0.692. The Bertz CT molecular complexity index is 363. The number of H-pyrrole nitrogens is 1. The summed E-state index contributed by atoms with van der Waals surface area (Å²) in [5.41, 5.74) is 1.06. The molecule has 1 aromatic heterocycles. The Morgan fingerprint density at radius 3 is 3.28 bits per heavy atom. The topological polar surface area (TPSA) is 61.0 Å². The minimum Gasteiger partial charge on any atom is -0.355 e. The molecular formula is C13H22N4O. The molecule has 1 atom stereocenters. The van der Waals surface area contributed by atoms with Gasteiger partial charge in [0.15, 0.2) is 0 Å². The van der Waals surface area contributed by atoms with E-state index in [4.69, 9.17) is 0 Å². The van der Waals surface area contributed by atoms with Crippen molar-refractivity contribution in [1.29, 1.82) is 0 Å². The summed E-state index contributed by atoms with van der Waals surface area (Å²) in [5, 5.41) is 9.81. The van der Waals surface area contributed by atoms with Crippen LogP contribution in [0.25, 0.3) is 0 Å². The minimum absolute atomic E-state index is 0.167. The monoisotopic (exact) mass is 250 g/mol. The number of carbonyl (C=O) groups excluding carboxylic acids is 1. The SMILES string of the molecule is CCN1CCC[C@H](C(=O)NCCc2ccn[nH]2)C1. The van der Waals surface area contributed by atoms with Crippen LogP contribution in [0.4, 0.5) is 0 Å². The van der Waals surface area contributed by atoms with E-state index in [0.29, 0.717) is 6.54 Å². The molecule has 2 heterocycles. The molecule has 2 rings (SSSR count). The van der Waals surface area contributed by atoms with Gasteiger partial charge in [-0.2, -0.15) is 5.10 Å². The third-order valence-corrected chi connectivity index (χ3v) is 3.58. The molecular weight excluding hydrogens is 228 g/mol. The van der Waals surface area contributed by atoms with Gasteiger partial charge < -0.3 is 10.2 Å². The highest BCUT2D eigenvalue weighted by Crippen LogP contribution is 2.16. The molecule has 18 heavy (non-hydrogen) atoms. The van der Waals surface area contributed by atoms with Crippen molar-refractivity contribution in [1.82, 2.24) is 20.4 Å². The smallest absolute Gasteiger partial charge is 0.224 e. The van der Waals surface area contributed by atoms with E-state index in [1.54, 1.807) is 6.20 Å². The van der Waals surface area contributed by atoms with Gasteiger partial charge in [-0.3, -0.25) is 9.89 Å². The maximum absolute atomic E-state index is 12.0. The van der Waals surface area contributed by atoms with Crippen molar-refractivity contribution < 1.29 is 4.79 Å². The lowest BCUT2D eigenvalue weighted by molar-refractivity contribution is -0.126. The standard InChI is InChI=1S/C13H22N4O/c1-2-17-9-3-4-11(10-17)13(18)14-7-5-12-6-8-15-16-12/h6,8,11H,2-5,7,9-10H2,1H3,(H,14,18)(H,15,16)/t11-/m0/s1. The Morgan fingerprint density at radius 2 is 2.56 bits per heavy atom. The lowest BCUT2D eigenvalue weighted by atomic mass is 9.97. The first-order chi connectivity index (χ1) is 8.79. The van der Waals surface area contributed by atoms with Crippen LogP contribution in [0.1, 0.15) is 25.5 Å². The van der Waals surface area contributed by atoms with Crippen molar-refractivity contribution in [2.75, 3.05) is 26.2 Å². The van der Waals surface area contributed by atoms with Crippen molar-refractivity contribution >= 4 is 5.91 Å². The van der Waals surface area contributed by atoms with Gasteiger partial charge in [-0.25, -0.2) is 0 Å². The Morgan fingerprint density at radius 1 is 1.67 bits per heavy atom. The molecule has 1 fully saturated rings. The quantitative estimate of drug-likeness (QED) is 0.812. The molecule has 1 amide bonds. The van der Waals surface area contributed by atoms with Crippen LogP contribution in [-0.2, 0) is 11.2 Å². The van der Waals surface area contributed by atoms with Crippen LogP contribution in [0.15, 0.2) is 12.3 Å². The highest BCUT2D eigenvalue weighted by atomic mass is 16.1. The lowest BCUT2D eigenvalue weighted by Gasteiger charge is -2.30. The number of likely N-dealkylation sites (tertiary alicyclic amines) is 1. The molecule has 5 nitrogen and oxygen atoms in total. The van der Waals surface area contributed by atoms with Gasteiger partial charge >= 0.3 is 0 Å². The summed E-state index contributed by atoms with van der Waals surface area (Å²) in [6.45, 7) is 5.92. The van der Waals surface area contributed by atoms with E-state index < -0.39 is 0 Å². The second kappa shape index (κ2) is 6.54. The van der Waals surface area contributed by atoms with E-state index in [9.17, 15) is 4.79 Å². The van der Waals surface area contributed by atoms with Gasteiger partial charge in [-0.1, -0.05) is 6.92 Å². The predicted molar refractivity (Wildman–Crippen MR) is 70.1 cm³/mol. The maximum atomic E-state index is 12.0.